The molecule has 0 aliphatic heterocycles. The quantitative estimate of drug-likeness (QED) is 0.198. The van der Waals surface area contributed by atoms with Crippen LogP contribution in [-0.4, -0.2) is 58.0 Å². The number of ether oxygens (including phenoxy) is 2. The molecular formula is C36H41N3O6S. The number of benzene rings is 4. The lowest BCUT2D eigenvalue weighted by molar-refractivity contribution is -0.140. The lowest BCUT2D eigenvalue weighted by Crippen LogP contribution is -2.54. The highest BCUT2D eigenvalue weighted by Gasteiger charge is 2.36. The maximum atomic E-state index is 14.7. The Hall–Kier alpha value is -4.83. The average molecular weight is 644 g/mol. The van der Waals surface area contributed by atoms with Crippen LogP contribution in [0.25, 0.3) is 0 Å². The molecule has 0 saturated carbocycles. The van der Waals surface area contributed by atoms with Gasteiger partial charge in [-0.05, 0) is 61.7 Å². The van der Waals surface area contributed by atoms with Gasteiger partial charge in [0.2, 0.25) is 11.8 Å². The first-order valence-corrected chi connectivity index (χ1v) is 16.5. The van der Waals surface area contributed by atoms with Crippen LogP contribution in [0.4, 0.5) is 5.69 Å². The van der Waals surface area contributed by atoms with Gasteiger partial charge in [0.1, 0.15) is 24.1 Å². The topological polar surface area (TPSA) is 105 Å². The number of carbonyl (C=O) groups is 2. The smallest absolute Gasteiger partial charge is 0.264 e. The number of nitrogens with zero attached hydrogens (tertiary/aromatic N) is 2. The fraction of sp³-hybridized carbons (Fsp3) is 0.278. The molecule has 46 heavy (non-hydrogen) atoms. The Bertz CT molecular complexity index is 1730. The summed E-state index contributed by atoms with van der Waals surface area (Å²) in [7, 11) is -1.40. The molecule has 0 aliphatic rings. The molecule has 4 aromatic carbocycles. The lowest BCUT2D eigenvalue weighted by Gasteiger charge is -2.34. The molecule has 0 radical (unpaired) electrons. The van der Waals surface area contributed by atoms with Crippen LogP contribution in [0.5, 0.6) is 11.5 Å². The molecule has 4 aromatic rings. The van der Waals surface area contributed by atoms with E-state index in [4.69, 9.17) is 9.47 Å². The van der Waals surface area contributed by atoms with Crippen molar-refractivity contribution >= 4 is 27.5 Å². The molecule has 10 heteroatoms. The van der Waals surface area contributed by atoms with E-state index in [-0.39, 0.29) is 41.2 Å². The van der Waals surface area contributed by atoms with Gasteiger partial charge >= 0.3 is 0 Å². The number of aryl methyl sites for hydroxylation is 1. The van der Waals surface area contributed by atoms with E-state index in [2.05, 4.69) is 5.32 Å². The fourth-order valence-corrected chi connectivity index (χ4v) is 6.57. The van der Waals surface area contributed by atoms with Gasteiger partial charge in [-0.15, -0.1) is 0 Å². The van der Waals surface area contributed by atoms with Crippen LogP contribution in [0, 0.1) is 6.92 Å². The van der Waals surface area contributed by atoms with Crippen molar-refractivity contribution in [1.29, 1.82) is 0 Å². The number of amides is 2. The zero-order valence-corrected chi connectivity index (χ0v) is 27.7. The van der Waals surface area contributed by atoms with Crippen molar-refractivity contribution in [1.82, 2.24) is 10.2 Å². The standard InChI is InChI=1S/C36H41N3O6S/c1-26(2)37-36(41)33(22-28-15-8-6-9-16-28)38(24-29-17-13-12-14-27(29)3)35(40)25-39(46(42,43)31-18-10-7-11-19-31)32-23-30(44-4)20-21-34(32)45-5/h6-21,23,26,33H,22,24-25H2,1-5H3,(H,37,41). The summed E-state index contributed by atoms with van der Waals surface area (Å²) in [4.78, 5) is 30.0. The highest BCUT2D eigenvalue weighted by Crippen LogP contribution is 2.36. The summed E-state index contributed by atoms with van der Waals surface area (Å²) in [5.74, 6) is -0.284. The number of nitrogens with one attached hydrogen (secondary N) is 1. The predicted octanol–water partition coefficient (Wildman–Crippen LogP) is 5.37. The average Bonchev–Trinajstić information content (AvgIpc) is 3.06. The summed E-state index contributed by atoms with van der Waals surface area (Å²) >= 11 is 0. The van der Waals surface area contributed by atoms with Crippen molar-refractivity contribution in [2.45, 2.75) is 50.7 Å². The van der Waals surface area contributed by atoms with Gasteiger partial charge in [-0.1, -0.05) is 72.8 Å². The Morgan fingerprint density at radius 3 is 2.07 bits per heavy atom. The molecule has 1 N–H and O–H groups in total. The number of methoxy groups -OCH3 is 2. The first kappa shape index (κ1) is 34.1. The van der Waals surface area contributed by atoms with Gasteiger partial charge in [-0.25, -0.2) is 8.42 Å². The third-order valence-corrected chi connectivity index (χ3v) is 9.34. The number of rotatable bonds is 14. The Labute approximate surface area is 271 Å². The first-order chi connectivity index (χ1) is 22.0. The molecule has 0 heterocycles. The molecule has 0 saturated heterocycles. The van der Waals surface area contributed by atoms with Crippen molar-refractivity contribution in [3.05, 3.63) is 120 Å². The number of anilines is 1. The molecule has 0 spiro atoms. The summed E-state index contributed by atoms with van der Waals surface area (Å²) in [6, 6.07) is 28.6. The van der Waals surface area contributed by atoms with Crippen LogP contribution in [0.1, 0.15) is 30.5 Å². The third kappa shape index (κ3) is 8.25. The van der Waals surface area contributed by atoms with Crippen LogP contribution in [0.15, 0.2) is 108 Å². The molecular weight excluding hydrogens is 602 g/mol. The van der Waals surface area contributed by atoms with E-state index in [0.29, 0.717) is 5.75 Å². The van der Waals surface area contributed by atoms with Gasteiger partial charge in [-0.3, -0.25) is 13.9 Å². The zero-order chi connectivity index (χ0) is 33.3. The molecule has 0 bridgehead atoms. The number of hydrogen-bond donors (Lipinski definition) is 1. The predicted molar refractivity (Wildman–Crippen MR) is 179 cm³/mol. The first-order valence-electron chi connectivity index (χ1n) is 15.0. The van der Waals surface area contributed by atoms with Gasteiger partial charge in [0.15, 0.2) is 0 Å². The Balaban J connectivity index is 1.87. The van der Waals surface area contributed by atoms with Gasteiger partial charge in [0.25, 0.3) is 10.0 Å². The van der Waals surface area contributed by atoms with Gasteiger partial charge in [-0.2, -0.15) is 0 Å². The van der Waals surface area contributed by atoms with E-state index in [1.165, 1.54) is 37.3 Å². The van der Waals surface area contributed by atoms with Crippen molar-refractivity contribution in [3.8, 4) is 11.5 Å². The summed E-state index contributed by atoms with van der Waals surface area (Å²) in [6.07, 6.45) is 0.227. The minimum atomic E-state index is -4.30. The van der Waals surface area contributed by atoms with Crippen molar-refractivity contribution in [2.75, 3.05) is 25.1 Å². The molecule has 0 fully saturated rings. The molecule has 1 atom stereocenters. The minimum Gasteiger partial charge on any atom is -0.497 e. The van der Waals surface area contributed by atoms with Gasteiger partial charge in [0.05, 0.1) is 24.8 Å². The second kappa shape index (κ2) is 15.4. The van der Waals surface area contributed by atoms with E-state index >= 15 is 0 Å². The normalized spacial score (nSPS) is 11.9. The van der Waals surface area contributed by atoms with E-state index in [0.717, 1.165) is 21.0 Å². The number of sulfonamides is 1. The molecule has 2 amide bonds. The van der Waals surface area contributed by atoms with Crippen LogP contribution in [-0.2, 0) is 32.6 Å². The van der Waals surface area contributed by atoms with Crippen LogP contribution in [0.3, 0.4) is 0 Å². The Morgan fingerprint density at radius 1 is 0.826 bits per heavy atom. The number of carbonyl (C=O) groups excluding carboxylic acids is 2. The van der Waals surface area contributed by atoms with Gasteiger partial charge in [0, 0.05) is 25.1 Å². The minimum absolute atomic E-state index is 0.00323. The van der Waals surface area contributed by atoms with Crippen LogP contribution >= 0.6 is 0 Å². The molecule has 242 valence electrons. The second-order valence-corrected chi connectivity index (χ2v) is 13.0. The van der Waals surface area contributed by atoms with Crippen molar-refractivity contribution in [2.24, 2.45) is 0 Å². The highest BCUT2D eigenvalue weighted by atomic mass is 32.2. The van der Waals surface area contributed by atoms with E-state index in [1.54, 1.807) is 30.3 Å². The Morgan fingerprint density at radius 2 is 1.46 bits per heavy atom. The lowest BCUT2D eigenvalue weighted by atomic mass is 10.0. The highest BCUT2D eigenvalue weighted by molar-refractivity contribution is 7.92. The maximum Gasteiger partial charge on any atom is 0.264 e. The van der Waals surface area contributed by atoms with Crippen molar-refractivity contribution in [3.63, 3.8) is 0 Å². The molecule has 4 rings (SSSR count). The second-order valence-electron chi connectivity index (χ2n) is 11.2. The summed E-state index contributed by atoms with van der Waals surface area (Å²) in [5.41, 5.74) is 2.76. The summed E-state index contributed by atoms with van der Waals surface area (Å²) in [5, 5.41) is 2.97. The fourth-order valence-electron chi connectivity index (χ4n) is 5.13. The molecule has 0 aromatic heterocycles. The maximum absolute atomic E-state index is 14.7. The third-order valence-electron chi connectivity index (χ3n) is 7.57. The SMILES string of the molecule is COc1ccc(OC)c(N(CC(=O)N(Cc2ccccc2C)C(Cc2ccccc2)C(=O)NC(C)C)S(=O)(=O)c2ccccc2)c1. The van der Waals surface area contributed by atoms with Crippen LogP contribution in [0.2, 0.25) is 0 Å². The summed E-state index contributed by atoms with van der Waals surface area (Å²) < 4.78 is 40.6. The van der Waals surface area contributed by atoms with E-state index in [1.807, 2.05) is 75.4 Å². The Kier molecular flexibility index (Phi) is 11.4. The largest absolute Gasteiger partial charge is 0.497 e. The van der Waals surface area contributed by atoms with Crippen LogP contribution < -0.4 is 19.1 Å². The number of hydrogen-bond acceptors (Lipinski definition) is 6. The monoisotopic (exact) mass is 643 g/mol. The van der Waals surface area contributed by atoms with E-state index < -0.39 is 28.5 Å². The van der Waals surface area contributed by atoms with E-state index in [9.17, 15) is 18.0 Å². The van der Waals surface area contributed by atoms with Crippen molar-refractivity contribution < 1.29 is 27.5 Å². The zero-order valence-electron chi connectivity index (χ0n) is 26.8. The summed E-state index contributed by atoms with van der Waals surface area (Å²) in [6.45, 7) is 5.13. The van der Waals surface area contributed by atoms with Gasteiger partial charge < -0.3 is 19.7 Å². The molecule has 0 aliphatic carbocycles. The molecule has 1 unspecified atom stereocenters. The molecule has 9 nitrogen and oxygen atoms in total.